The summed E-state index contributed by atoms with van der Waals surface area (Å²) in [5.74, 6) is 1.43. The van der Waals surface area contributed by atoms with Gasteiger partial charge in [-0.3, -0.25) is 43.3 Å². The molecule has 2 N–H and O–H groups in total. The van der Waals surface area contributed by atoms with E-state index in [0.29, 0.717) is 71.6 Å². The fourth-order valence-corrected chi connectivity index (χ4v) is 22.3. The molecule has 654 valence electrons. The maximum Gasteiger partial charge on any atom is 0.269 e. The first-order valence-electron chi connectivity index (χ1n) is 42.7. The van der Waals surface area contributed by atoms with Gasteiger partial charge >= 0.3 is 0 Å². The number of nitrogens with zero attached hydrogens (tertiary/aromatic N) is 17. The van der Waals surface area contributed by atoms with Crippen molar-refractivity contribution in [3.8, 4) is 33.4 Å². The molecule has 0 bridgehead atoms. The van der Waals surface area contributed by atoms with Gasteiger partial charge in [0, 0.05) is 255 Å². The number of hydrogen-bond acceptors (Lipinski definition) is 20. The fraction of sp³-hybridized carbons (Fsp3) is 0.467. The SMILES string of the molecule is C.CC(C)N1CCN(C2CCC(c3cnc4c(c3)c(-c3cnn(C)c3)cn4S(=O)(=O)c3ccccc3)CC2)CC1.CC(C)N1CCN(C2CCC(c3cnc4c(c3)c(-c3cnn(C)c3)cn4S(=O)(=O)c3ccccc3)CC2)CC1.CC(C)N1CCNCC1.CO.Cl.Cn1cc(-c2cn(S(=O)(=O)c3ccccc3)c3ncc(C4CCC(=O)CC4)cc23)cn1. The van der Waals surface area contributed by atoms with Gasteiger partial charge in [-0.1, -0.05) is 62.0 Å². The Bertz CT molecular complexity index is 5550. The maximum absolute atomic E-state index is 13.6. The number of aromatic nitrogens is 12. The third-order valence-corrected chi connectivity index (χ3v) is 30.3. The Balaban J connectivity index is 0.000000157. The minimum Gasteiger partial charge on any atom is -0.400 e. The molecule has 6 aliphatic rings. The minimum absolute atomic E-state index is 0. The summed E-state index contributed by atoms with van der Waals surface area (Å²) in [6.07, 6.45) is 33.7. The molecule has 0 atom stereocenters. The number of rotatable bonds is 17. The van der Waals surface area contributed by atoms with E-state index >= 15 is 0 Å². The largest absolute Gasteiger partial charge is 0.400 e. The lowest BCUT2D eigenvalue weighted by Gasteiger charge is -2.43. The monoisotopic (exact) mass is 1740 g/mol. The normalized spacial score (nSPS) is 19.5. The van der Waals surface area contributed by atoms with Crippen LogP contribution < -0.4 is 5.32 Å². The molecule has 30 heteroatoms. The van der Waals surface area contributed by atoms with Crippen LogP contribution in [0.25, 0.3) is 66.5 Å². The smallest absolute Gasteiger partial charge is 0.269 e. The van der Waals surface area contributed by atoms with Crippen molar-refractivity contribution < 1.29 is 35.2 Å². The van der Waals surface area contributed by atoms with Crippen LogP contribution in [0.4, 0.5) is 0 Å². The highest BCUT2D eigenvalue weighted by Crippen LogP contribution is 2.43. The first-order chi connectivity index (χ1) is 57.9. The number of nitrogens with one attached hydrogen (secondary N) is 1. The highest BCUT2D eigenvalue weighted by molar-refractivity contribution is 7.90. The van der Waals surface area contributed by atoms with Crippen LogP contribution in [0.2, 0.25) is 0 Å². The topological polar surface area (TPSA) is 275 Å². The molecule has 3 aliphatic carbocycles. The Kier molecular flexibility index (Phi) is 30.7. The Morgan fingerprint density at radius 3 is 0.918 bits per heavy atom. The number of carbonyl (C=O) groups is 1. The molecule has 3 saturated carbocycles. The van der Waals surface area contributed by atoms with E-state index < -0.39 is 30.1 Å². The van der Waals surface area contributed by atoms with Crippen LogP contribution in [-0.4, -0.2) is 233 Å². The summed E-state index contributed by atoms with van der Waals surface area (Å²) in [4.78, 5) is 39.5. The van der Waals surface area contributed by atoms with Crippen molar-refractivity contribution in [3.63, 3.8) is 0 Å². The minimum atomic E-state index is -3.81. The van der Waals surface area contributed by atoms with Crippen molar-refractivity contribution in [2.45, 2.75) is 189 Å². The number of pyridine rings is 3. The van der Waals surface area contributed by atoms with Gasteiger partial charge < -0.3 is 10.4 Å². The molecule has 0 amide bonds. The lowest BCUT2D eigenvalue weighted by Crippen LogP contribution is -2.52. The van der Waals surface area contributed by atoms with E-state index in [-0.39, 0.29) is 40.4 Å². The van der Waals surface area contributed by atoms with Crippen LogP contribution in [0.1, 0.15) is 160 Å². The Morgan fingerprint density at radius 1 is 0.377 bits per heavy atom. The summed E-state index contributed by atoms with van der Waals surface area (Å²) in [5.41, 5.74) is 9.77. The van der Waals surface area contributed by atoms with E-state index in [2.05, 4.69) is 104 Å². The van der Waals surface area contributed by atoms with Gasteiger partial charge in [-0.15, -0.1) is 12.4 Å². The van der Waals surface area contributed by atoms with E-state index in [1.54, 1.807) is 136 Å². The van der Waals surface area contributed by atoms with Crippen molar-refractivity contribution in [3.05, 3.63) is 200 Å². The third kappa shape index (κ3) is 20.6. The Hall–Kier alpha value is -9.11. The van der Waals surface area contributed by atoms with Crippen molar-refractivity contribution >= 4 is 81.4 Å². The van der Waals surface area contributed by atoms with E-state index in [4.69, 9.17) is 15.1 Å². The number of aryl methyl sites for hydroxylation is 3. The highest BCUT2D eigenvalue weighted by Gasteiger charge is 2.35. The summed E-state index contributed by atoms with van der Waals surface area (Å²) in [7, 11) is -4.83. The first-order valence-corrected chi connectivity index (χ1v) is 47.0. The van der Waals surface area contributed by atoms with E-state index in [0.717, 1.165) is 146 Å². The molecule has 12 heterocycles. The quantitative estimate of drug-likeness (QED) is 0.0857. The number of halogens is 1. The Labute approximate surface area is 726 Å². The summed E-state index contributed by atoms with van der Waals surface area (Å²) in [6.45, 7) is 27.8. The maximum atomic E-state index is 13.6. The van der Waals surface area contributed by atoms with Crippen molar-refractivity contribution in [1.82, 2.24) is 86.0 Å². The van der Waals surface area contributed by atoms with Gasteiger partial charge in [-0.05, 0) is 195 Å². The number of aliphatic hydroxyl groups excluding tert-OH is 1. The number of fused-ring (bicyclic) bond motifs is 3. The number of Topliss-reactive ketones (excluding diaryl/α,β-unsaturated/α-hetero) is 1. The molecule has 0 spiro atoms. The summed E-state index contributed by atoms with van der Waals surface area (Å²) in [6, 6.07) is 35.1. The molecular formula is C92H123ClN18O8S3. The van der Waals surface area contributed by atoms with E-state index in [9.17, 15) is 30.0 Å². The fourth-order valence-electron chi connectivity index (χ4n) is 18.3. The van der Waals surface area contributed by atoms with Crippen LogP contribution in [0, 0.1) is 0 Å². The zero-order valence-corrected chi connectivity index (χ0v) is 74.7. The molecule has 26 nitrogen and oxygen atoms in total. The van der Waals surface area contributed by atoms with Gasteiger partial charge in [-0.2, -0.15) is 15.3 Å². The molecule has 3 aliphatic heterocycles. The van der Waals surface area contributed by atoms with Crippen molar-refractivity contribution in [2.24, 2.45) is 21.1 Å². The van der Waals surface area contributed by atoms with Crippen LogP contribution in [0.15, 0.2) is 198 Å². The molecule has 0 unspecified atom stereocenters. The van der Waals surface area contributed by atoms with Gasteiger partial charge in [0.05, 0.1) is 33.3 Å². The number of benzene rings is 3. The van der Waals surface area contributed by atoms with Crippen LogP contribution >= 0.6 is 12.4 Å². The number of aliphatic hydroxyl groups is 1. The van der Waals surface area contributed by atoms with Crippen LogP contribution in [-0.2, 0) is 56.0 Å². The molecule has 18 rings (SSSR count). The summed E-state index contributed by atoms with van der Waals surface area (Å²) >= 11 is 0. The standard InChI is InChI=1S/2C30H38N6O2S.C23H22N4O3S.C7H16N2.CH4O.CH4.ClH/c2*1-22(2)34-13-15-35(16-14-34)26-11-9-23(10-12-26)24-17-28-29(25-19-32-33(3)20-25)21-36(30(28)31-18-24)39(37,38)27-7-5-4-6-8-27;1-26-14-18(13-25-26)22-15-27(31(29,30)20-5-3-2-4-6-20)23-21(22)11-17(12-24-23)16-7-9-19(28)10-8-16;1-7(2)9-5-3-8-4-6-9;1-2;;/h2*4-8,17-23,26H,9-16H2,1-3H3;2-6,11-16H,7-10H2,1H3;7-8H,3-6H2,1-2H3;2H,1H3;1H4;1H. The second kappa shape index (κ2) is 40.7. The number of carbonyl (C=O) groups excluding carboxylic acids is 1. The molecule has 12 aromatic rings. The molecule has 0 radical (unpaired) electrons. The number of piperazine rings is 3. The molecule has 122 heavy (non-hydrogen) atoms. The van der Waals surface area contributed by atoms with Crippen LogP contribution in [0.3, 0.4) is 0 Å². The van der Waals surface area contributed by atoms with Crippen molar-refractivity contribution in [2.75, 3.05) is 85.6 Å². The predicted octanol–water partition coefficient (Wildman–Crippen LogP) is 14.3. The molecule has 3 aromatic carbocycles. The van der Waals surface area contributed by atoms with E-state index in [1.807, 2.05) is 70.3 Å². The number of ketones is 1. The van der Waals surface area contributed by atoms with Crippen LogP contribution in [0.5, 0.6) is 0 Å². The average Bonchev–Trinajstić information content (AvgIpc) is 1.60. The third-order valence-electron chi connectivity index (χ3n) is 25.3. The van der Waals surface area contributed by atoms with Gasteiger partial charge in [0.15, 0.2) is 16.9 Å². The van der Waals surface area contributed by atoms with E-state index in [1.165, 1.54) is 88.0 Å². The first kappa shape index (κ1) is 92.1. The molecule has 9 aromatic heterocycles. The molecule has 6 fully saturated rings. The predicted molar refractivity (Wildman–Crippen MR) is 487 cm³/mol. The lowest BCUT2D eigenvalue weighted by molar-refractivity contribution is -0.120. The van der Waals surface area contributed by atoms with Gasteiger partial charge in [-0.25, -0.2) is 52.1 Å². The van der Waals surface area contributed by atoms with Gasteiger partial charge in [0.1, 0.15) is 5.78 Å². The molecular weight excluding hydrogens is 1620 g/mol. The van der Waals surface area contributed by atoms with Gasteiger partial charge in [0.25, 0.3) is 30.1 Å². The Morgan fingerprint density at radius 2 is 0.656 bits per heavy atom. The zero-order chi connectivity index (χ0) is 84.6. The second-order valence-corrected chi connectivity index (χ2v) is 39.1. The average molecular weight is 1740 g/mol. The molecule has 3 saturated heterocycles. The second-order valence-electron chi connectivity index (χ2n) is 33.6. The summed E-state index contributed by atoms with van der Waals surface area (Å²) < 4.78 is 90.3. The summed E-state index contributed by atoms with van der Waals surface area (Å²) in [5, 5.41) is 25.7. The van der Waals surface area contributed by atoms with Crippen molar-refractivity contribution in [1.29, 1.82) is 0 Å². The highest BCUT2D eigenvalue weighted by atomic mass is 35.5. The zero-order valence-electron chi connectivity index (χ0n) is 71.5. The van der Waals surface area contributed by atoms with Gasteiger partial charge in [0.2, 0.25) is 0 Å². The lowest BCUT2D eigenvalue weighted by atomic mass is 9.81. The number of hydrogen-bond donors (Lipinski definition) is 2.